The SMILES string of the molecule is CCCCCCCCCCCCCCCC(=O)OCCSCC(NC(=O)OC(C)(C)C)C(=O)NC(COC(C)(C)C)C(=O)Nc1ccc(Cn2c(O)nc3c(N)nc(NCCCC)nc32)cc1. The van der Waals surface area contributed by atoms with Gasteiger partial charge in [-0.25, -0.2) is 4.79 Å². The van der Waals surface area contributed by atoms with Crippen LogP contribution < -0.4 is 27.0 Å². The van der Waals surface area contributed by atoms with Gasteiger partial charge in [-0.1, -0.05) is 109 Å². The van der Waals surface area contributed by atoms with Gasteiger partial charge in [-0.2, -0.15) is 26.7 Å². The minimum atomic E-state index is -1.15. The van der Waals surface area contributed by atoms with Crippen LogP contribution in [0, 0.1) is 0 Å². The zero-order chi connectivity index (χ0) is 49.2. The molecule has 0 saturated heterocycles. The molecule has 0 bridgehead atoms. The highest BCUT2D eigenvalue weighted by Gasteiger charge is 2.30. The van der Waals surface area contributed by atoms with Gasteiger partial charge in [0.15, 0.2) is 17.0 Å². The first-order chi connectivity index (χ1) is 31.9. The molecule has 2 aromatic heterocycles. The molecule has 0 fully saturated rings. The molecular formula is C49H81N9O8S. The van der Waals surface area contributed by atoms with Crippen molar-refractivity contribution in [3.63, 3.8) is 0 Å². The van der Waals surface area contributed by atoms with Crippen LogP contribution in [0.25, 0.3) is 11.2 Å². The Labute approximate surface area is 403 Å². The van der Waals surface area contributed by atoms with Crippen molar-refractivity contribution in [1.29, 1.82) is 0 Å². The van der Waals surface area contributed by atoms with Crippen LogP contribution >= 0.6 is 11.8 Å². The first kappa shape index (κ1) is 56.5. The average Bonchev–Trinajstić information content (AvgIpc) is 3.57. The molecule has 0 spiro atoms. The van der Waals surface area contributed by atoms with Gasteiger partial charge in [-0.05, 0) is 72.1 Å². The molecular weight excluding hydrogens is 875 g/mol. The normalized spacial score (nSPS) is 12.7. The summed E-state index contributed by atoms with van der Waals surface area (Å²) in [4.78, 5) is 66.0. The fraction of sp³-hybridized carbons (Fsp3) is 0.694. The van der Waals surface area contributed by atoms with Crippen LogP contribution in [-0.2, 0) is 35.1 Å². The van der Waals surface area contributed by atoms with E-state index in [4.69, 9.17) is 19.9 Å². The van der Waals surface area contributed by atoms with Gasteiger partial charge in [-0.3, -0.25) is 19.0 Å². The van der Waals surface area contributed by atoms with Crippen LogP contribution in [0.15, 0.2) is 24.3 Å². The van der Waals surface area contributed by atoms with Crippen molar-refractivity contribution in [2.75, 3.05) is 47.6 Å². The summed E-state index contributed by atoms with van der Waals surface area (Å²) in [5.74, 6) is -0.408. The van der Waals surface area contributed by atoms with E-state index in [0.717, 1.165) is 37.7 Å². The summed E-state index contributed by atoms with van der Waals surface area (Å²) in [5, 5.41) is 22.1. The molecule has 7 N–H and O–H groups in total. The first-order valence-electron chi connectivity index (χ1n) is 24.4. The van der Waals surface area contributed by atoms with E-state index in [9.17, 15) is 24.3 Å². The molecule has 18 heteroatoms. The van der Waals surface area contributed by atoms with Crippen molar-refractivity contribution >= 4 is 64.3 Å². The Balaban J connectivity index is 1.55. The number of benzene rings is 1. The number of aromatic nitrogens is 4. The fourth-order valence-corrected chi connectivity index (χ4v) is 7.75. The van der Waals surface area contributed by atoms with E-state index in [2.05, 4.69) is 50.1 Å². The number of nitrogen functional groups attached to an aromatic ring is 1. The van der Waals surface area contributed by atoms with E-state index in [0.29, 0.717) is 36.0 Å². The van der Waals surface area contributed by atoms with Crippen LogP contribution in [0.1, 0.15) is 164 Å². The molecule has 376 valence electrons. The van der Waals surface area contributed by atoms with Crippen molar-refractivity contribution < 1.29 is 38.5 Å². The van der Waals surface area contributed by atoms with E-state index in [1.807, 2.05) is 20.8 Å². The standard InChI is InChI=1S/C49H81N9O8S/c1-9-11-13-14-15-16-17-18-19-20-21-22-23-24-39(59)64-30-31-67-34-38(54-47(63)66-49(6,7)8)44(61)53-37(33-65-48(3,4)5)43(60)52-36-27-25-35(26-28-36)32-58-42-40(55-46(58)62)41(50)56-45(57-42)51-29-12-10-2/h25-28,37-38H,9-24,29-34H2,1-8H3,(H,52,60)(H,53,61)(H,54,63)(H,55,62)(H3,50,51,56,57). The number of imidazole rings is 1. The topological polar surface area (TPSA) is 234 Å². The zero-order valence-electron chi connectivity index (χ0n) is 41.6. The number of ether oxygens (including phenoxy) is 3. The summed E-state index contributed by atoms with van der Waals surface area (Å²) in [6.45, 7) is 15.9. The quantitative estimate of drug-likeness (QED) is 0.0253. The first-order valence-corrected chi connectivity index (χ1v) is 25.6. The van der Waals surface area contributed by atoms with Gasteiger partial charge < -0.3 is 46.3 Å². The summed E-state index contributed by atoms with van der Waals surface area (Å²) >= 11 is 1.33. The molecule has 0 aliphatic carbocycles. The monoisotopic (exact) mass is 956 g/mol. The molecule has 2 unspecified atom stereocenters. The molecule has 0 aliphatic heterocycles. The molecule has 0 radical (unpaired) electrons. The summed E-state index contributed by atoms with van der Waals surface area (Å²) < 4.78 is 18.4. The number of nitrogens with one attached hydrogen (secondary N) is 4. The number of aromatic hydroxyl groups is 1. The minimum absolute atomic E-state index is 0.120. The molecule has 1 aromatic carbocycles. The third-order valence-corrected chi connectivity index (χ3v) is 11.6. The van der Waals surface area contributed by atoms with Gasteiger partial charge in [0.2, 0.25) is 17.8 Å². The lowest BCUT2D eigenvalue weighted by Crippen LogP contribution is -2.55. The van der Waals surface area contributed by atoms with Gasteiger partial charge >= 0.3 is 12.1 Å². The third kappa shape index (κ3) is 23.1. The molecule has 17 nitrogen and oxygen atoms in total. The number of carbonyl (C=O) groups excluding carboxylic acids is 4. The largest absolute Gasteiger partial charge is 0.480 e. The average molecular weight is 956 g/mol. The van der Waals surface area contributed by atoms with E-state index >= 15 is 0 Å². The van der Waals surface area contributed by atoms with Crippen LogP contribution in [0.5, 0.6) is 6.01 Å². The van der Waals surface area contributed by atoms with E-state index in [1.54, 1.807) is 45.0 Å². The van der Waals surface area contributed by atoms with E-state index in [-0.39, 0.29) is 48.8 Å². The molecule has 2 atom stereocenters. The number of alkyl carbamates (subject to hydrolysis) is 1. The van der Waals surface area contributed by atoms with E-state index < -0.39 is 41.2 Å². The number of hydrogen-bond acceptors (Lipinski definition) is 14. The van der Waals surface area contributed by atoms with Gasteiger partial charge in [-0.15, -0.1) is 0 Å². The molecule has 2 heterocycles. The van der Waals surface area contributed by atoms with Crippen molar-refractivity contribution in [2.45, 2.75) is 188 Å². The maximum absolute atomic E-state index is 13.9. The number of unbranched alkanes of at least 4 members (excludes halogenated alkanes) is 13. The number of amides is 3. The highest BCUT2D eigenvalue weighted by Crippen LogP contribution is 2.26. The smallest absolute Gasteiger partial charge is 0.408 e. The van der Waals surface area contributed by atoms with Crippen LogP contribution in [0.4, 0.5) is 22.2 Å². The Morgan fingerprint density at radius 1 is 0.761 bits per heavy atom. The Morgan fingerprint density at radius 2 is 1.37 bits per heavy atom. The summed E-state index contributed by atoms with van der Waals surface area (Å²) in [5.41, 5.74) is 6.57. The zero-order valence-corrected chi connectivity index (χ0v) is 42.4. The number of nitrogens with two attached hydrogens (primary N) is 1. The molecule has 3 rings (SSSR count). The number of carbonyl (C=O) groups is 4. The number of anilines is 3. The van der Waals surface area contributed by atoms with Crippen LogP contribution in [0.3, 0.4) is 0 Å². The minimum Gasteiger partial charge on any atom is -0.480 e. The second-order valence-corrected chi connectivity index (χ2v) is 20.2. The number of fused-ring (bicyclic) bond motifs is 1. The lowest BCUT2D eigenvalue weighted by atomic mass is 10.0. The molecule has 0 aliphatic rings. The predicted octanol–water partition coefficient (Wildman–Crippen LogP) is 9.26. The summed E-state index contributed by atoms with van der Waals surface area (Å²) in [7, 11) is 0. The van der Waals surface area contributed by atoms with Crippen molar-refractivity contribution in [3.05, 3.63) is 29.8 Å². The molecule has 0 saturated carbocycles. The van der Waals surface area contributed by atoms with Crippen LogP contribution in [0.2, 0.25) is 0 Å². The maximum Gasteiger partial charge on any atom is 0.408 e. The number of nitrogens with zero attached hydrogens (tertiary/aromatic N) is 4. The highest BCUT2D eigenvalue weighted by molar-refractivity contribution is 7.99. The number of thioether (sulfide) groups is 1. The van der Waals surface area contributed by atoms with Crippen molar-refractivity contribution in [1.82, 2.24) is 30.2 Å². The molecule has 3 aromatic rings. The van der Waals surface area contributed by atoms with Gasteiger partial charge in [0.05, 0.1) is 18.8 Å². The highest BCUT2D eigenvalue weighted by atomic mass is 32.2. The Hall–Kier alpha value is -4.84. The summed E-state index contributed by atoms with van der Waals surface area (Å²) in [6.07, 6.45) is 17.5. The van der Waals surface area contributed by atoms with E-state index in [1.165, 1.54) is 80.5 Å². The number of esters is 1. The molecule has 3 amide bonds. The second-order valence-electron chi connectivity index (χ2n) is 19.0. The van der Waals surface area contributed by atoms with Crippen molar-refractivity contribution in [3.8, 4) is 6.01 Å². The maximum atomic E-state index is 13.9. The fourth-order valence-electron chi connectivity index (χ4n) is 6.91. The lowest BCUT2D eigenvalue weighted by molar-refractivity contribution is -0.143. The Kier molecular flexibility index (Phi) is 25.1. The van der Waals surface area contributed by atoms with Gasteiger partial charge in [0.1, 0.15) is 24.3 Å². The van der Waals surface area contributed by atoms with Gasteiger partial charge in [0, 0.05) is 30.2 Å². The lowest BCUT2D eigenvalue weighted by Gasteiger charge is -2.27. The van der Waals surface area contributed by atoms with Crippen LogP contribution in [-0.4, -0.2) is 103 Å². The Morgan fingerprint density at radius 3 is 1.97 bits per heavy atom. The summed E-state index contributed by atoms with van der Waals surface area (Å²) in [6, 6.07) is 4.44. The second kappa shape index (κ2) is 29.8. The molecule has 67 heavy (non-hydrogen) atoms. The number of rotatable bonds is 32. The third-order valence-electron chi connectivity index (χ3n) is 10.6. The van der Waals surface area contributed by atoms with Crippen molar-refractivity contribution in [2.24, 2.45) is 0 Å². The Bertz CT molecular complexity index is 1950. The number of hydrogen-bond donors (Lipinski definition) is 6. The predicted molar refractivity (Wildman–Crippen MR) is 268 cm³/mol. The van der Waals surface area contributed by atoms with Gasteiger partial charge in [0.25, 0.3) is 6.01 Å².